The fraction of sp³-hybridized carbons (Fsp3) is 0.474. The van der Waals surface area contributed by atoms with Gasteiger partial charge in [0.05, 0.1) is 12.6 Å². The van der Waals surface area contributed by atoms with Crippen LogP contribution in [0.25, 0.3) is 0 Å². The van der Waals surface area contributed by atoms with Gasteiger partial charge in [-0.25, -0.2) is 8.78 Å². The van der Waals surface area contributed by atoms with Crippen molar-refractivity contribution in [1.29, 1.82) is 0 Å². The minimum Gasteiger partial charge on any atom is -0.481 e. The van der Waals surface area contributed by atoms with Crippen LogP contribution in [0.4, 0.5) is 8.78 Å². The first kappa shape index (κ1) is 19.9. The molecule has 1 aliphatic heterocycles. The number of amides is 2. The van der Waals surface area contributed by atoms with Crippen LogP contribution in [-0.4, -0.2) is 47.9 Å². The summed E-state index contributed by atoms with van der Waals surface area (Å²) in [6.45, 7) is 8.04. The van der Waals surface area contributed by atoms with Crippen molar-refractivity contribution < 1.29 is 23.1 Å². The van der Waals surface area contributed by atoms with Crippen LogP contribution in [-0.2, 0) is 9.59 Å². The minimum atomic E-state index is -2.96. The van der Waals surface area contributed by atoms with Gasteiger partial charge in [-0.2, -0.15) is 0 Å². The van der Waals surface area contributed by atoms with E-state index >= 15 is 0 Å². The Bertz CT molecular complexity index is 706. The van der Waals surface area contributed by atoms with E-state index in [1.165, 1.54) is 0 Å². The molecular formula is C19H24F2N2O3. The van der Waals surface area contributed by atoms with E-state index in [2.05, 4.69) is 11.9 Å². The molecule has 1 N–H and O–H groups in total. The molecule has 1 saturated heterocycles. The molecule has 26 heavy (non-hydrogen) atoms. The molecule has 0 saturated carbocycles. The molecule has 5 nitrogen and oxygen atoms in total. The van der Waals surface area contributed by atoms with Gasteiger partial charge in [0.15, 0.2) is 6.10 Å². The summed E-state index contributed by atoms with van der Waals surface area (Å²) in [7, 11) is 0. The molecule has 0 bridgehead atoms. The molecule has 7 heteroatoms. The van der Waals surface area contributed by atoms with E-state index in [9.17, 15) is 18.4 Å². The second-order valence-electron chi connectivity index (χ2n) is 6.66. The van der Waals surface area contributed by atoms with Gasteiger partial charge in [-0.15, -0.1) is 0 Å². The highest BCUT2D eigenvalue weighted by Gasteiger charge is 2.46. The summed E-state index contributed by atoms with van der Waals surface area (Å²) in [6, 6.07) is 4.84. The Kier molecular flexibility index (Phi) is 6.00. The van der Waals surface area contributed by atoms with Crippen LogP contribution in [0.2, 0.25) is 0 Å². The van der Waals surface area contributed by atoms with Crippen LogP contribution in [0.15, 0.2) is 30.9 Å². The van der Waals surface area contributed by atoms with E-state index in [-0.39, 0.29) is 6.54 Å². The van der Waals surface area contributed by atoms with Crippen molar-refractivity contribution in [2.45, 2.75) is 45.3 Å². The van der Waals surface area contributed by atoms with Crippen LogP contribution in [0, 0.1) is 13.8 Å². The lowest BCUT2D eigenvalue weighted by Gasteiger charge is -2.23. The Balaban J connectivity index is 1.94. The minimum absolute atomic E-state index is 0.0609. The normalized spacial score (nSPS) is 19.7. The number of alkyl halides is 2. The molecule has 1 unspecified atom stereocenters. The number of rotatable bonds is 6. The number of nitrogens with zero attached hydrogens (tertiary/aromatic N) is 1. The van der Waals surface area contributed by atoms with Crippen molar-refractivity contribution in [2.75, 3.05) is 13.1 Å². The van der Waals surface area contributed by atoms with Gasteiger partial charge in [-0.05, 0) is 38.5 Å². The van der Waals surface area contributed by atoms with Gasteiger partial charge in [-0.3, -0.25) is 9.59 Å². The number of hydrogen-bond donors (Lipinski definition) is 1. The van der Waals surface area contributed by atoms with E-state index in [4.69, 9.17) is 4.74 Å². The molecule has 1 fully saturated rings. The van der Waals surface area contributed by atoms with E-state index in [0.29, 0.717) is 5.75 Å². The zero-order chi connectivity index (χ0) is 19.5. The third-order valence-corrected chi connectivity index (χ3v) is 4.35. The van der Waals surface area contributed by atoms with Gasteiger partial charge in [0, 0.05) is 13.0 Å². The molecule has 0 aliphatic carbocycles. The molecule has 2 atom stereocenters. The van der Waals surface area contributed by atoms with Crippen molar-refractivity contribution in [1.82, 2.24) is 10.2 Å². The number of hydrogen-bond acceptors (Lipinski definition) is 3. The molecule has 2 rings (SSSR count). The smallest absolute Gasteiger partial charge is 0.267 e. The van der Waals surface area contributed by atoms with Crippen LogP contribution < -0.4 is 10.1 Å². The number of carbonyl (C=O) groups excluding carboxylic acids is 2. The average Bonchev–Trinajstić information content (AvgIpc) is 2.89. The second-order valence-corrected chi connectivity index (χ2v) is 6.66. The van der Waals surface area contributed by atoms with Crippen LogP contribution in [0.1, 0.15) is 24.5 Å². The molecule has 1 aromatic carbocycles. The summed E-state index contributed by atoms with van der Waals surface area (Å²) < 4.78 is 32.9. The first-order valence-electron chi connectivity index (χ1n) is 8.45. The molecular weight excluding hydrogens is 342 g/mol. The third-order valence-electron chi connectivity index (χ3n) is 4.35. The number of ether oxygens (including phenoxy) is 1. The number of benzene rings is 1. The average molecular weight is 366 g/mol. The molecule has 1 heterocycles. The van der Waals surface area contributed by atoms with Gasteiger partial charge in [0.2, 0.25) is 5.91 Å². The van der Waals surface area contributed by atoms with E-state index in [0.717, 1.165) is 22.1 Å². The van der Waals surface area contributed by atoms with Gasteiger partial charge in [-0.1, -0.05) is 24.3 Å². The summed E-state index contributed by atoms with van der Waals surface area (Å²) in [4.78, 5) is 25.0. The number of nitrogens with one attached hydrogen (secondary N) is 1. The fourth-order valence-corrected chi connectivity index (χ4v) is 2.99. The van der Waals surface area contributed by atoms with Gasteiger partial charge >= 0.3 is 0 Å². The van der Waals surface area contributed by atoms with Crippen molar-refractivity contribution in [2.24, 2.45) is 0 Å². The van der Waals surface area contributed by atoms with Crippen LogP contribution >= 0.6 is 0 Å². The number of carbonyl (C=O) groups is 2. The lowest BCUT2D eigenvalue weighted by molar-refractivity contribution is -0.130. The highest BCUT2D eigenvalue weighted by atomic mass is 19.3. The Morgan fingerprint density at radius 3 is 2.77 bits per heavy atom. The maximum atomic E-state index is 13.6. The van der Waals surface area contributed by atoms with Gasteiger partial charge in [0.1, 0.15) is 5.75 Å². The molecule has 0 aromatic heterocycles. The van der Waals surface area contributed by atoms with Gasteiger partial charge in [0.25, 0.3) is 11.8 Å². The molecule has 0 radical (unpaired) electrons. The van der Waals surface area contributed by atoms with E-state index < -0.39 is 42.8 Å². The van der Waals surface area contributed by atoms with E-state index in [1.807, 2.05) is 26.0 Å². The lowest BCUT2D eigenvalue weighted by atomic mass is 10.1. The molecule has 1 aromatic rings. The second kappa shape index (κ2) is 7.85. The Labute approximate surface area is 152 Å². The number of likely N-dealkylation sites (tertiary alicyclic amines) is 1. The van der Waals surface area contributed by atoms with Crippen LogP contribution in [0.5, 0.6) is 5.75 Å². The molecule has 1 aliphatic rings. The first-order chi connectivity index (χ1) is 12.1. The van der Waals surface area contributed by atoms with Crippen molar-refractivity contribution >= 4 is 11.8 Å². The van der Waals surface area contributed by atoms with Crippen molar-refractivity contribution in [3.05, 3.63) is 42.0 Å². The summed E-state index contributed by atoms with van der Waals surface area (Å²) >= 11 is 0. The summed E-state index contributed by atoms with van der Waals surface area (Å²) in [6.07, 6.45) is -0.275. The topological polar surface area (TPSA) is 58.6 Å². The van der Waals surface area contributed by atoms with Crippen molar-refractivity contribution in [3.8, 4) is 5.75 Å². The standard InChI is InChI=1S/C19H24F2N2O3/c1-5-17(24)23-11-19(20,21)9-15(23)10-22-18(25)14(4)26-16-7-6-12(2)8-13(16)3/h5-8,14-15H,1,9-11H2,2-4H3,(H,22,25)/t14?,15-/m0/s1. The lowest BCUT2D eigenvalue weighted by Crippen LogP contribution is -2.45. The maximum Gasteiger partial charge on any atom is 0.267 e. The first-order valence-corrected chi connectivity index (χ1v) is 8.45. The predicted molar refractivity (Wildman–Crippen MR) is 94.3 cm³/mol. The number of halogens is 2. The number of aryl methyl sites for hydroxylation is 2. The fourth-order valence-electron chi connectivity index (χ4n) is 2.99. The highest BCUT2D eigenvalue weighted by Crippen LogP contribution is 2.32. The summed E-state index contributed by atoms with van der Waals surface area (Å²) in [5, 5.41) is 2.60. The quantitative estimate of drug-likeness (QED) is 0.788. The maximum absolute atomic E-state index is 13.6. The monoisotopic (exact) mass is 366 g/mol. The third kappa shape index (κ3) is 4.80. The summed E-state index contributed by atoms with van der Waals surface area (Å²) in [5.74, 6) is -3.36. The van der Waals surface area contributed by atoms with Gasteiger partial charge < -0.3 is 15.0 Å². The van der Waals surface area contributed by atoms with E-state index in [1.54, 1.807) is 13.0 Å². The SMILES string of the molecule is C=CC(=O)N1CC(F)(F)C[C@H]1CNC(=O)C(C)Oc1ccc(C)cc1C. The Morgan fingerprint density at radius 1 is 1.46 bits per heavy atom. The van der Waals surface area contributed by atoms with Crippen LogP contribution in [0.3, 0.4) is 0 Å². The largest absolute Gasteiger partial charge is 0.481 e. The predicted octanol–water partition coefficient (Wildman–Crippen LogP) is 2.61. The molecule has 142 valence electrons. The molecule has 2 amide bonds. The van der Waals surface area contributed by atoms with Crippen molar-refractivity contribution in [3.63, 3.8) is 0 Å². The zero-order valence-electron chi connectivity index (χ0n) is 15.2. The summed E-state index contributed by atoms with van der Waals surface area (Å²) in [5.41, 5.74) is 1.99. The Hall–Kier alpha value is -2.44. The molecule has 0 spiro atoms. The Morgan fingerprint density at radius 2 is 2.15 bits per heavy atom. The highest BCUT2D eigenvalue weighted by molar-refractivity contribution is 5.87. The zero-order valence-corrected chi connectivity index (χ0v) is 15.2.